The zero-order valence-corrected chi connectivity index (χ0v) is 2.91. The van der Waals surface area contributed by atoms with Crippen molar-refractivity contribution in [1.82, 2.24) is 0 Å². The quantitative estimate of drug-likeness (QED) is 0.430. The molecule has 0 amide bonds. The van der Waals surface area contributed by atoms with E-state index in [0.717, 1.165) is 0 Å². The number of hydrogen-bond acceptors (Lipinski definition) is 1. The second kappa shape index (κ2) is 5.15. The third-order valence-electron chi connectivity index (χ3n) is 0. The van der Waals surface area contributed by atoms with Crippen LogP contribution < -0.4 is 0 Å². The van der Waals surface area contributed by atoms with Gasteiger partial charge in [-0.1, -0.05) is 0 Å². The molecule has 1 nitrogen and oxygen atoms in total. The Morgan fingerprint density at radius 1 is 1.40 bits per heavy atom. The topological polar surface area (TPSA) is 17.1 Å². The monoisotopic (exact) mass is 148 g/mol. The van der Waals surface area contributed by atoms with E-state index in [2.05, 4.69) is 0 Å². The molecule has 0 aromatic heterocycles. The second-order valence-electron chi connectivity index (χ2n) is 0.908. The predicted molar refractivity (Wildman–Crippen MR) is 24.9 cm³/mol. The maximum atomic E-state index is 9.44. The van der Waals surface area contributed by atoms with Crippen molar-refractivity contribution >= 4 is 51.3 Å². The summed E-state index contributed by atoms with van der Waals surface area (Å²) in [5, 5.41) is 0. The Bertz CT molecular complexity index is 29.9. The Hall–Kier alpha value is 1.15. The van der Waals surface area contributed by atoms with Crippen LogP contribution in [-0.4, -0.2) is 51.3 Å². The second-order valence-corrected chi connectivity index (χ2v) is 0.908. The summed E-state index contributed by atoms with van der Waals surface area (Å²) in [6, 6.07) is 0. The fraction of sp³-hybridized carbons (Fsp3) is 0.667. The van der Waals surface area contributed by atoms with Crippen molar-refractivity contribution in [1.29, 1.82) is 0 Å². The van der Waals surface area contributed by atoms with Crippen LogP contribution in [0, 0.1) is 0 Å². The summed E-state index contributed by atoms with van der Waals surface area (Å²) < 4.78 is 0. The van der Waals surface area contributed by atoms with E-state index in [0.29, 0.717) is 0 Å². The first-order chi connectivity index (χ1) is 1.73. The average molecular weight is 148 g/mol. The van der Waals surface area contributed by atoms with Gasteiger partial charge in [0.05, 0.1) is 0 Å². The van der Waals surface area contributed by atoms with E-state index >= 15 is 0 Å². The van der Waals surface area contributed by atoms with Gasteiger partial charge in [0.15, 0.2) is 0 Å². The van der Waals surface area contributed by atoms with Crippen molar-refractivity contribution in [3.8, 4) is 0 Å². The summed E-state index contributed by atoms with van der Waals surface area (Å²) in [6.45, 7) is 3.06. The molecule has 0 rings (SSSR count). The number of rotatable bonds is 0. The van der Waals surface area contributed by atoms with Gasteiger partial charge in [-0.25, -0.2) is 0 Å². The Labute approximate surface area is 69.0 Å². The first-order valence-corrected chi connectivity index (χ1v) is 1.20. The van der Waals surface area contributed by atoms with Crippen molar-refractivity contribution < 1.29 is 4.79 Å². The summed E-state index contributed by atoms with van der Waals surface area (Å²) in [6.07, 6.45) is 0. The summed E-state index contributed by atoms with van der Waals surface area (Å²) >= 11 is 0. The van der Waals surface area contributed by atoms with Gasteiger partial charge in [-0.05, 0) is 13.8 Å². The van der Waals surface area contributed by atoms with Crippen molar-refractivity contribution in [2.45, 2.75) is 13.8 Å². The third kappa shape index (κ3) is 38.6. The van der Waals surface area contributed by atoms with Crippen LogP contribution >= 0.6 is 0 Å². The molecule has 0 aliphatic rings. The molecule has 0 N–H and O–H groups in total. The molecule has 0 heterocycles. The molecular weight excluding hydrogens is 140 g/mol. The normalized spacial score (nSPS) is 5.20. The molecule has 0 saturated carbocycles. The van der Waals surface area contributed by atoms with Crippen LogP contribution in [0.15, 0.2) is 0 Å². The predicted octanol–water partition coefficient (Wildman–Crippen LogP) is -0.321. The van der Waals surface area contributed by atoms with Gasteiger partial charge >= 0.3 is 45.5 Å². The number of carbonyl (C=O) groups is 1. The number of Topliss-reactive ketones (excluding diaryl/α,β-unsaturated/α-hetero) is 1. The minimum atomic E-state index is 0. The summed E-state index contributed by atoms with van der Waals surface area (Å²) in [5.41, 5.74) is 0. The van der Waals surface area contributed by atoms with E-state index in [1.54, 1.807) is 0 Å². The Morgan fingerprint density at radius 3 is 1.40 bits per heavy atom. The summed E-state index contributed by atoms with van der Waals surface area (Å²) in [7, 11) is 0. The number of hydrogen-bond donors (Lipinski definition) is 0. The minimum absolute atomic E-state index is 0. The fourth-order valence-corrected chi connectivity index (χ4v) is 0. The van der Waals surface area contributed by atoms with Gasteiger partial charge in [0.2, 0.25) is 0 Å². The van der Waals surface area contributed by atoms with Crippen molar-refractivity contribution in [2.24, 2.45) is 0 Å². The average Bonchev–Trinajstić information content (AvgIpc) is 0.811. The van der Waals surface area contributed by atoms with Crippen LogP contribution in [0.2, 0.25) is 0 Å². The number of ketones is 1. The van der Waals surface area contributed by atoms with Gasteiger partial charge in [0.25, 0.3) is 0 Å². The Kier molecular flexibility index (Phi) is 9.76. The standard InChI is InChI=1S/C3H6O.Sr.2H/c1-3(2)4;;;/h1-2H3;;;. The summed E-state index contributed by atoms with van der Waals surface area (Å²) in [4.78, 5) is 9.44. The van der Waals surface area contributed by atoms with Crippen LogP contribution in [-0.2, 0) is 4.79 Å². The third-order valence-corrected chi connectivity index (χ3v) is 0. The molecule has 2 heteroatoms. The summed E-state index contributed by atoms with van der Waals surface area (Å²) in [5.74, 6) is 0.167. The molecule has 0 unspecified atom stereocenters. The van der Waals surface area contributed by atoms with E-state index in [1.807, 2.05) is 0 Å². The molecular formula is C3H8OSr. The van der Waals surface area contributed by atoms with Crippen LogP contribution in [0.5, 0.6) is 0 Å². The van der Waals surface area contributed by atoms with Gasteiger partial charge in [0.1, 0.15) is 5.78 Å². The van der Waals surface area contributed by atoms with Gasteiger partial charge in [-0.2, -0.15) is 0 Å². The zero-order chi connectivity index (χ0) is 3.58. The van der Waals surface area contributed by atoms with Gasteiger partial charge in [-0.3, -0.25) is 0 Å². The molecule has 0 saturated heterocycles. The molecule has 0 spiro atoms. The van der Waals surface area contributed by atoms with Gasteiger partial charge in [-0.15, -0.1) is 0 Å². The van der Waals surface area contributed by atoms with E-state index in [9.17, 15) is 4.79 Å². The van der Waals surface area contributed by atoms with Crippen LogP contribution in [0.1, 0.15) is 13.8 Å². The molecule has 0 aromatic rings. The van der Waals surface area contributed by atoms with Crippen molar-refractivity contribution in [2.75, 3.05) is 0 Å². The SMILES string of the molecule is CC(C)=O.[SrH2]. The van der Waals surface area contributed by atoms with Crippen molar-refractivity contribution in [3.05, 3.63) is 0 Å². The van der Waals surface area contributed by atoms with Crippen LogP contribution in [0.25, 0.3) is 0 Å². The van der Waals surface area contributed by atoms with E-state index in [1.165, 1.54) is 13.8 Å². The number of carbonyl (C=O) groups excluding carboxylic acids is 1. The zero-order valence-electron chi connectivity index (χ0n) is 2.91. The molecule has 0 fully saturated rings. The molecule has 0 aromatic carbocycles. The van der Waals surface area contributed by atoms with Gasteiger partial charge < -0.3 is 4.79 Å². The molecule has 5 heavy (non-hydrogen) atoms. The molecule has 0 bridgehead atoms. The fourth-order valence-electron chi connectivity index (χ4n) is 0. The van der Waals surface area contributed by atoms with E-state index in [-0.39, 0.29) is 51.3 Å². The van der Waals surface area contributed by atoms with Crippen LogP contribution in [0.3, 0.4) is 0 Å². The maximum absolute atomic E-state index is 9.44. The Morgan fingerprint density at radius 2 is 1.40 bits per heavy atom. The van der Waals surface area contributed by atoms with Crippen LogP contribution in [0.4, 0.5) is 0 Å². The molecule has 0 radical (unpaired) electrons. The van der Waals surface area contributed by atoms with E-state index in [4.69, 9.17) is 0 Å². The first kappa shape index (κ1) is 9.47. The molecule has 28 valence electrons. The molecule has 0 atom stereocenters. The molecule has 0 aliphatic carbocycles. The van der Waals surface area contributed by atoms with E-state index < -0.39 is 0 Å². The Balaban J connectivity index is 0. The van der Waals surface area contributed by atoms with Gasteiger partial charge in [0, 0.05) is 0 Å². The van der Waals surface area contributed by atoms with Crippen molar-refractivity contribution in [3.63, 3.8) is 0 Å². The molecule has 0 aliphatic heterocycles. The first-order valence-electron chi connectivity index (χ1n) is 1.20.